The molecule has 3 rings (SSSR count). The van der Waals surface area contributed by atoms with Crippen LogP contribution in [0.5, 0.6) is 5.75 Å². The second-order valence-electron chi connectivity index (χ2n) is 5.83. The van der Waals surface area contributed by atoms with Crippen molar-refractivity contribution in [2.75, 3.05) is 44.7 Å². The van der Waals surface area contributed by atoms with Crippen LogP contribution in [-0.2, 0) is 4.79 Å². The largest absolute Gasteiger partial charge is 0.495 e. The molecule has 1 aromatic rings. The van der Waals surface area contributed by atoms with Crippen LogP contribution < -0.4 is 15.0 Å². The van der Waals surface area contributed by atoms with Crippen molar-refractivity contribution in [1.29, 1.82) is 0 Å². The van der Waals surface area contributed by atoms with Gasteiger partial charge in [0.2, 0.25) is 5.91 Å². The number of ether oxygens (including phenoxy) is 1. The molecule has 2 aliphatic heterocycles. The molecule has 0 spiro atoms. The molecule has 1 amide bonds. The normalized spacial score (nSPS) is 25.4. The number of carbonyl (C=O) groups excluding carboxylic acids is 1. The van der Waals surface area contributed by atoms with Crippen molar-refractivity contribution in [3.63, 3.8) is 0 Å². The van der Waals surface area contributed by atoms with Crippen LogP contribution in [0.4, 0.5) is 5.69 Å². The predicted octanol–water partition coefficient (Wildman–Crippen LogP) is 0.0666. The molecule has 2 aliphatic rings. The number of para-hydroxylation sites is 2. The number of nitrogens with one attached hydrogen (secondary N) is 1. The number of carbonyl (C=O) groups is 1. The van der Waals surface area contributed by atoms with E-state index in [9.17, 15) is 9.90 Å². The van der Waals surface area contributed by atoms with Crippen LogP contribution in [-0.4, -0.2) is 67.9 Å². The van der Waals surface area contributed by atoms with Crippen LogP contribution in [0.25, 0.3) is 0 Å². The van der Waals surface area contributed by atoms with Gasteiger partial charge in [0.05, 0.1) is 24.9 Å². The van der Waals surface area contributed by atoms with E-state index in [0.29, 0.717) is 26.1 Å². The standard InChI is InChI=1S/C16H23N3O3/c1-22-15-5-3-2-4-14(15)18-6-8-19(9-7-18)16(21)13-10-12(20)11-17-13/h2-5,12-13,17,20H,6-11H2,1H3/t12-,13-/m1/s1. The third-order valence-electron chi connectivity index (χ3n) is 4.42. The quantitative estimate of drug-likeness (QED) is 0.827. The zero-order chi connectivity index (χ0) is 15.5. The lowest BCUT2D eigenvalue weighted by atomic mass is 10.1. The summed E-state index contributed by atoms with van der Waals surface area (Å²) in [6, 6.07) is 7.73. The van der Waals surface area contributed by atoms with Gasteiger partial charge in [-0.2, -0.15) is 0 Å². The molecular formula is C16H23N3O3. The fourth-order valence-corrected chi connectivity index (χ4v) is 3.18. The third kappa shape index (κ3) is 3.03. The highest BCUT2D eigenvalue weighted by molar-refractivity contribution is 5.82. The smallest absolute Gasteiger partial charge is 0.239 e. The van der Waals surface area contributed by atoms with Gasteiger partial charge in [-0.15, -0.1) is 0 Å². The molecule has 2 heterocycles. The van der Waals surface area contributed by atoms with Gasteiger partial charge < -0.3 is 25.0 Å². The van der Waals surface area contributed by atoms with Gasteiger partial charge in [0.15, 0.2) is 0 Å². The Kier molecular flexibility index (Phi) is 4.49. The molecule has 2 N–H and O–H groups in total. The van der Waals surface area contributed by atoms with Crippen molar-refractivity contribution in [1.82, 2.24) is 10.2 Å². The first-order chi connectivity index (χ1) is 10.7. The number of piperazine rings is 1. The molecule has 120 valence electrons. The maximum atomic E-state index is 12.4. The summed E-state index contributed by atoms with van der Waals surface area (Å²) < 4.78 is 5.41. The molecule has 2 saturated heterocycles. The lowest BCUT2D eigenvalue weighted by Crippen LogP contribution is -2.53. The Morgan fingerprint density at radius 1 is 1.27 bits per heavy atom. The van der Waals surface area contributed by atoms with Crippen LogP contribution in [0.15, 0.2) is 24.3 Å². The van der Waals surface area contributed by atoms with Crippen LogP contribution in [0.2, 0.25) is 0 Å². The Bertz CT molecular complexity index is 529. The Balaban J connectivity index is 1.59. The Hall–Kier alpha value is -1.79. The number of hydrogen-bond donors (Lipinski definition) is 2. The predicted molar refractivity (Wildman–Crippen MR) is 84.2 cm³/mol. The van der Waals surface area contributed by atoms with Gasteiger partial charge in [0, 0.05) is 32.7 Å². The molecule has 6 heteroatoms. The molecular weight excluding hydrogens is 282 g/mol. The Labute approximate surface area is 130 Å². The van der Waals surface area contributed by atoms with Crippen molar-refractivity contribution in [2.24, 2.45) is 0 Å². The minimum atomic E-state index is -0.399. The van der Waals surface area contributed by atoms with Crippen molar-refractivity contribution < 1.29 is 14.6 Å². The maximum Gasteiger partial charge on any atom is 0.239 e. The molecule has 0 radical (unpaired) electrons. The molecule has 0 unspecified atom stereocenters. The maximum absolute atomic E-state index is 12.4. The molecule has 6 nitrogen and oxygen atoms in total. The molecule has 1 aromatic carbocycles. The molecule has 2 atom stereocenters. The van der Waals surface area contributed by atoms with Crippen molar-refractivity contribution in [3.05, 3.63) is 24.3 Å². The number of aliphatic hydroxyl groups is 1. The summed E-state index contributed by atoms with van der Waals surface area (Å²) in [5.41, 5.74) is 1.08. The van der Waals surface area contributed by atoms with Gasteiger partial charge >= 0.3 is 0 Å². The van der Waals surface area contributed by atoms with E-state index in [-0.39, 0.29) is 11.9 Å². The number of anilines is 1. The van der Waals surface area contributed by atoms with Crippen LogP contribution in [0, 0.1) is 0 Å². The van der Waals surface area contributed by atoms with E-state index in [2.05, 4.69) is 10.2 Å². The van der Waals surface area contributed by atoms with Crippen LogP contribution in [0.1, 0.15) is 6.42 Å². The van der Waals surface area contributed by atoms with Gasteiger partial charge in [0.25, 0.3) is 0 Å². The SMILES string of the molecule is COc1ccccc1N1CCN(C(=O)[C@H]2C[C@@H](O)CN2)CC1. The molecule has 0 aromatic heterocycles. The van der Waals surface area contributed by atoms with Gasteiger partial charge in [-0.05, 0) is 18.6 Å². The number of β-amino-alcohol motifs (C(OH)–C–C–N with tert-alkyl or cyclic N) is 1. The number of benzene rings is 1. The second kappa shape index (κ2) is 6.54. The molecule has 0 saturated carbocycles. The van der Waals surface area contributed by atoms with E-state index in [1.807, 2.05) is 29.2 Å². The highest BCUT2D eigenvalue weighted by atomic mass is 16.5. The number of nitrogens with zero attached hydrogens (tertiary/aromatic N) is 2. The first-order valence-corrected chi connectivity index (χ1v) is 7.77. The van der Waals surface area contributed by atoms with Crippen molar-refractivity contribution in [3.8, 4) is 5.75 Å². The summed E-state index contributed by atoms with van der Waals surface area (Å²) in [6.45, 7) is 3.50. The summed E-state index contributed by atoms with van der Waals surface area (Å²) in [6.07, 6.45) is 0.120. The second-order valence-corrected chi connectivity index (χ2v) is 5.83. The molecule has 22 heavy (non-hydrogen) atoms. The Morgan fingerprint density at radius 2 is 2.00 bits per heavy atom. The summed E-state index contributed by atoms with van der Waals surface area (Å²) in [4.78, 5) is 16.6. The van der Waals surface area contributed by atoms with E-state index >= 15 is 0 Å². The van der Waals surface area contributed by atoms with Crippen LogP contribution in [0.3, 0.4) is 0 Å². The zero-order valence-electron chi connectivity index (χ0n) is 12.9. The zero-order valence-corrected chi connectivity index (χ0v) is 12.9. The third-order valence-corrected chi connectivity index (χ3v) is 4.42. The number of aliphatic hydroxyl groups excluding tert-OH is 1. The number of methoxy groups -OCH3 is 1. The summed E-state index contributed by atoms with van der Waals surface area (Å²) in [5.74, 6) is 0.971. The van der Waals surface area contributed by atoms with Crippen molar-refractivity contribution >= 4 is 11.6 Å². The first-order valence-electron chi connectivity index (χ1n) is 7.77. The van der Waals surface area contributed by atoms with E-state index < -0.39 is 6.10 Å². The minimum absolute atomic E-state index is 0.108. The monoisotopic (exact) mass is 305 g/mol. The summed E-state index contributed by atoms with van der Waals surface area (Å²) in [7, 11) is 1.68. The number of amides is 1. The fourth-order valence-electron chi connectivity index (χ4n) is 3.18. The summed E-state index contributed by atoms with van der Waals surface area (Å²) in [5, 5.41) is 12.6. The van der Waals surface area contributed by atoms with E-state index in [4.69, 9.17) is 4.74 Å². The molecule has 0 bridgehead atoms. The van der Waals surface area contributed by atoms with Gasteiger partial charge in [0.1, 0.15) is 5.75 Å². The summed E-state index contributed by atoms with van der Waals surface area (Å²) >= 11 is 0. The molecule has 0 aliphatic carbocycles. The Morgan fingerprint density at radius 3 is 2.64 bits per heavy atom. The topological polar surface area (TPSA) is 65.0 Å². The molecule has 2 fully saturated rings. The van der Waals surface area contributed by atoms with E-state index in [1.54, 1.807) is 7.11 Å². The highest BCUT2D eigenvalue weighted by Crippen LogP contribution is 2.28. The van der Waals surface area contributed by atoms with E-state index in [0.717, 1.165) is 24.5 Å². The van der Waals surface area contributed by atoms with Gasteiger partial charge in [-0.3, -0.25) is 4.79 Å². The minimum Gasteiger partial charge on any atom is -0.495 e. The number of hydrogen-bond acceptors (Lipinski definition) is 5. The average molecular weight is 305 g/mol. The lowest BCUT2D eigenvalue weighted by molar-refractivity contribution is -0.133. The van der Waals surface area contributed by atoms with Crippen LogP contribution >= 0.6 is 0 Å². The fraction of sp³-hybridized carbons (Fsp3) is 0.562. The van der Waals surface area contributed by atoms with Crippen molar-refractivity contribution in [2.45, 2.75) is 18.6 Å². The van der Waals surface area contributed by atoms with E-state index in [1.165, 1.54) is 0 Å². The number of rotatable bonds is 3. The van der Waals surface area contributed by atoms with Gasteiger partial charge in [-0.25, -0.2) is 0 Å². The highest BCUT2D eigenvalue weighted by Gasteiger charge is 2.32. The average Bonchev–Trinajstić information content (AvgIpc) is 3.01. The lowest BCUT2D eigenvalue weighted by Gasteiger charge is -2.37. The van der Waals surface area contributed by atoms with Gasteiger partial charge in [-0.1, -0.05) is 12.1 Å². The first kappa shape index (κ1) is 15.1.